The standard InChI is InChI=1S/C14H16N2O/c1-11-6-8-15-16(11)10-14-13-5-3-2-4-12(13)7-9-17-14/h2-6,8,14H,7,9-10H2,1H3. The van der Waals surface area contributed by atoms with E-state index in [0.29, 0.717) is 0 Å². The van der Waals surface area contributed by atoms with Crippen LogP contribution >= 0.6 is 0 Å². The molecule has 3 rings (SSSR count). The van der Waals surface area contributed by atoms with Crippen LogP contribution in [0.1, 0.15) is 22.9 Å². The normalized spacial score (nSPS) is 19.0. The van der Waals surface area contributed by atoms with Gasteiger partial charge in [0.2, 0.25) is 0 Å². The Morgan fingerprint density at radius 3 is 3.06 bits per heavy atom. The second kappa shape index (κ2) is 4.34. The molecule has 88 valence electrons. The van der Waals surface area contributed by atoms with Gasteiger partial charge in [-0.2, -0.15) is 5.10 Å². The maximum Gasteiger partial charge on any atom is 0.102 e. The maximum atomic E-state index is 5.87. The summed E-state index contributed by atoms with van der Waals surface area (Å²) in [4.78, 5) is 0. The molecule has 0 radical (unpaired) electrons. The van der Waals surface area contributed by atoms with Crippen molar-refractivity contribution in [3.05, 3.63) is 53.3 Å². The quantitative estimate of drug-likeness (QED) is 0.789. The largest absolute Gasteiger partial charge is 0.371 e. The van der Waals surface area contributed by atoms with E-state index in [4.69, 9.17) is 4.74 Å². The smallest absolute Gasteiger partial charge is 0.102 e. The van der Waals surface area contributed by atoms with Gasteiger partial charge < -0.3 is 4.74 Å². The van der Waals surface area contributed by atoms with Crippen molar-refractivity contribution in [3.8, 4) is 0 Å². The van der Waals surface area contributed by atoms with Crippen LogP contribution in [-0.2, 0) is 17.7 Å². The average molecular weight is 228 g/mol. The predicted molar refractivity (Wildman–Crippen MR) is 65.8 cm³/mol. The fraction of sp³-hybridized carbons (Fsp3) is 0.357. The Kier molecular flexibility index (Phi) is 2.69. The van der Waals surface area contributed by atoms with E-state index in [1.165, 1.54) is 16.8 Å². The molecule has 1 aromatic heterocycles. The van der Waals surface area contributed by atoms with E-state index in [9.17, 15) is 0 Å². The van der Waals surface area contributed by atoms with Crippen LogP contribution in [0.25, 0.3) is 0 Å². The van der Waals surface area contributed by atoms with Crippen molar-refractivity contribution in [1.82, 2.24) is 9.78 Å². The van der Waals surface area contributed by atoms with Crippen LogP contribution in [0.2, 0.25) is 0 Å². The summed E-state index contributed by atoms with van der Waals surface area (Å²) >= 11 is 0. The summed E-state index contributed by atoms with van der Waals surface area (Å²) < 4.78 is 7.88. The van der Waals surface area contributed by atoms with Crippen LogP contribution in [0, 0.1) is 6.92 Å². The second-order valence-electron chi connectivity index (χ2n) is 4.46. The number of hydrogen-bond acceptors (Lipinski definition) is 2. The van der Waals surface area contributed by atoms with Crippen molar-refractivity contribution in [2.45, 2.75) is 26.0 Å². The molecule has 0 fully saturated rings. The molecule has 0 N–H and O–H groups in total. The first-order valence-corrected chi connectivity index (χ1v) is 6.02. The molecule has 0 saturated carbocycles. The Balaban J connectivity index is 1.88. The molecule has 0 bridgehead atoms. The first kappa shape index (κ1) is 10.5. The van der Waals surface area contributed by atoms with E-state index in [1.54, 1.807) is 0 Å². The molecule has 0 spiro atoms. The highest BCUT2D eigenvalue weighted by atomic mass is 16.5. The summed E-state index contributed by atoms with van der Waals surface area (Å²) in [5, 5.41) is 4.32. The van der Waals surface area contributed by atoms with E-state index < -0.39 is 0 Å². The summed E-state index contributed by atoms with van der Waals surface area (Å²) in [6.07, 6.45) is 2.99. The molecule has 3 nitrogen and oxygen atoms in total. The average Bonchev–Trinajstić information content (AvgIpc) is 2.76. The van der Waals surface area contributed by atoms with Crippen LogP contribution in [0.3, 0.4) is 0 Å². The zero-order chi connectivity index (χ0) is 11.7. The van der Waals surface area contributed by atoms with Gasteiger partial charge in [0.25, 0.3) is 0 Å². The molecular formula is C14H16N2O. The molecule has 0 amide bonds. The first-order valence-electron chi connectivity index (χ1n) is 6.02. The number of aryl methyl sites for hydroxylation is 1. The lowest BCUT2D eigenvalue weighted by atomic mass is 9.97. The molecule has 0 aliphatic carbocycles. The van der Waals surface area contributed by atoms with Gasteiger partial charge in [0, 0.05) is 11.9 Å². The van der Waals surface area contributed by atoms with Crippen molar-refractivity contribution in [1.29, 1.82) is 0 Å². The van der Waals surface area contributed by atoms with Crippen molar-refractivity contribution in [3.63, 3.8) is 0 Å². The maximum absolute atomic E-state index is 5.87. The molecule has 2 aromatic rings. The van der Waals surface area contributed by atoms with Crippen LogP contribution in [-0.4, -0.2) is 16.4 Å². The van der Waals surface area contributed by atoms with E-state index in [-0.39, 0.29) is 6.10 Å². The number of fused-ring (bicyclic) bond motifs is 1. The number of ether oxygens (including phenoxy) is 1. The zero-order valence-electron chi connectivity index (χ0n) is 9.97. The Morgan fingerprint density at radius 1 is 1.35 bits per heavy atom. The fourth-order valence-electron chi connectivity index (χ4n) is 2.37. The van der Waals surface area contributed by atoms with Crippen LogP contribution in [0.15, 0.2) is 36.5 Å². The van der Waals surface area contributed by atoms with Gasteiger partial charge in [-0.1, -0.05) is 24.3 Å². The molecule has 1 aromatic carbocycles. The minimum Gasteiger partial charge on any atom is -0.371 e. The van der Waals surface area contributed by atoms with Crippen molar-refractivity contribution in [2.75, 3.05) is 6.61 Å². The van der Waals surface area contributed by atoms with Gasteiger partial charge in [-0.25, -0.2) is 0 Å². The molecule has 1 unspecified atom stereocenters. The fourth-order valence-corrected chi connectivity index (χ4v) is 2.37. The highest BCUT2D eigenvalue weighted by molar-refractivity contribution is 5.30. The van der Waals surface area contributed by atoms with Crippen molar-refractivity contribution >= 4 is 0 Å². The molecule has 1 aliphatic rings. The van der Waals surface area contributed by atoms with E-state index in [0.717, 1.165) is 19.6 Å². The predicted octanol–water partition coefficient (Wildman–Crippen LogP) is 2.51. The van der Waals surface area contributed by atoms with E-state index in [1.807, 2.05) is 16.9 Å². The van der Waals surface area contributed by atoms with Gasteiger partial charge >= 0.3 is 0 Å². The first-order chi connectivity index (χ1) is 8.34. The van der Waals surface area contributed by atoms with Crippen LogP contribution in [0.4, 0.5) is 0 Å². The molecule has 3 heteroatoms. The third kappa shape index (κ3) is 1.98. The highest BCUT2D eigenvalue weighted by Gasteiger charge is 2.21. The lowest BCUT2D eigenvalue weighted by Crippen LogP contribution is -2.21. The molecule has 2 heterocycles. The molecule has 1 aliphatic heterocycles. The Labute approximate surface area is 101 Å². The highest BCUT2D eigenvalue weighted by Crippen LogP contribution is 2.28. The van der Waals surface area contributed by atoms with Gasteiger partial charge in [0.05, 0.1) is 13.2 Å². The Bertz CT molecular complexity index is 518. The minimum atomic E-state index is 0.138. The lowest BCUT2D eigenvalue weighted by Gasteiger charge is -2.26. The number of rotatable bonds is 2. The SMILES string of the molecule is Cc1ccnn1CC1OCCc2ccccc21. The van der Waals surface area contributed by atoms with Gasteiger partial charge in [0.15, 0.2) is 0 Å². The minimum absolute atomic E-state index is 0.138. The van der Waals surface area contributed by atoms with Gasteiger partial charge in [0.1, 0.15) is 6.10 Å². The third-order valence-corrected chi connectivity index (χ3v) is 3.36. The topological polar surface area (TPSA) is 27.1 Å². The number of aromatic nitrogens is 2. The van der Waals surface area contributed by atoms with Crippen molar-refractivity contribution < 1.29 is 4.74 Å². The number of hydrogen-bond donors (Lipinski definition) is 0. The summed E-state index contributed by atoms with van der Waals surface area (Å²) in [5.41, 5.74) is 3.90. The molecule has 0 saturated heterocycles. The summed E-state index contributed by atoms with van der Waals surface area (Å²) in [5.74, 6) is 0. The Hall–Kier alpha value is -1.61. The van der Waals surface area contributed by atoms with Crippen molar-refractivity contribution in [2.24, 2.45) is 0 Å². The Morgan fingerprint density at radius 2 is 2.24 bits per heavy atom. The third-order valence-electron chi connectivity index (χ3n) is 3.36. The van der Waals surface area contributed by atoms with Gasteiger partial charge in [-0.3, -0.25) is 4.68 Å². The van der Waals surface area contributed by atoms with Gasteiger partial charge in [-0.05, 0) is 30.5 Å². The number of benzene rings is 1. The van der Waals surface area contributed by atoms with Gasteiger partial charge in [-0.15, -0.1) is 0 Å². The van der Waals surface area contributed by atoms with E-state index in [2.05, 4.69) is 36.3 Å². The van der Waals surface area contributed by atoms with E-state index >= 15 is 0 Å². The zero-order valence-corrected chi connectivity index (χ0v) is 9.97. The van der Waals surface area contributed by atoms with Crippen LogP contribution in [0.5, 0.6) is 0 Å². The second-order valence-corrected chi connectivity index (χ2v) is 4.46. The molecular weight excluding hydrogens is 212 g/mol. The summed E-state index contributed by atoms with van der Waals surface area (Å²) in [6.45, 7) is 3.68. The molecule has 1 atom stereocenters. The lowest BCUT2D eigenvalue weighted by molar-refractivity contribution is 0.0279. The monoisotopic (exact) mass is 228 g/mol. The molecule has 17 heavy (non-hydrogen) atoms. The number of nitrogens with zero attached hydrogens (tertiary/aromatic N) is 2. The summed E-state index contributed by atoms with van der Waals surface area (Å²) in [6, 6.07) is 10.6. The van der Waals surface area contributed by atoms with Crippen LogP contribution < -0.4 is 0 Å². The summed E-state index contributed by atoms with van der Waals surface area (Å²) in [7, 11) is 0.